The van der Waals surface area contributed by atoms with E-state index in [1.165, 1.54) is 0 Å². The third-order valence-corrected chi connectivity index (χ3v) is 4.72. The molecule has 0 aromatic carbocycles. The predicted molar refractivity (Wildman–Crippen MR) is 83.0 cm³/mol. The number of carbonyl (C=O) groups is 3. The van der Waals surface area contributed by atoms with Crippen LogP contribution >= 0.6 is 0 Å². The molecule has 0 spiro atoms. The Morgan fingerprint density at radius 2 is 1.64 bits per heavy atom. The summed E-state index contributed by atoms with van der Waals surface area (Å²) >= 11 is 0. The van der Waals surface area contributed by atoms with Crippen LogP contribution in [0.15, 0.2) is 0 Å². The van der Waals surface area contributed by atoms with Crippen molar-refractivity contribution in [1.82, 2.24) is 14.7 Å². The van der Waals surface area contributed by atoms with Crippen LogP contribution in [0.1, 0.15) is 39.0 Å². The summed E-state index contributed by atoms with van der Waals surface area (Å²) in [6, 6.07) is 0. The molecule has 0 aromatic rings. The Morgan fingerprint density at radius 3 is 2.18 bits per heavy atom. The maximum Gasteiger partial charge on any atom is 0.225 e. The zero-order valence-electron chi connectivity index (χ0n) is 13.5. The lowest BCUT2D eigenvalue weighted by atomic mass is 9.94. The number of piperidine rings is 1. The van der Waals surface area contributed by atoms with Gasteiger partial charge in [-0.15, -0.1) is 0 Å². The van der Waals surface area contributed by atoms with E-state index in [0.717, 1.165) is 32.1 Å². The fourth-order valence-electron chi connectivity index (χ4n) is 3.17. The molecule has 2 aliphatic heterocycles. The van der Waals surface area contributed by atoms with E-state index in [9.17, 15) is 14.4 Å². The topological polar surface area (TPSA) is 60.9 Å². The van der Waals surface area contributed by atoms with Gasteiger partial charge in [-0.25, -0.2) is 0 Å². The van der Waals surface area contributed by atoms with Crippen molar-refractivity contribution < 1.29 is 14.4 Å². The Labute approximate surface area is 132 Å². The van der Waals surface area contributed by atoms with Crippen LogP contribution in [0.3, 0.4) is 0 Å². The lowest BCUT2D eigenvalue weighted by Gasteiger charge is -2.37. The highest BCUT2D eigenvalue weighted by molar-refractivity contribution is 5.80. The minimum absolute atomic E-state index is 0.0398. The van der Waals surface area contributed by atoms with E-state index in [2.05, 4.69) is 6.92 Å². The van der Waals surface area contributed by atoms with Crippen molar-refractivity contribution in [2.45, 2.75) is 39.0 Å². The van der Waals surface area contributed by atoms with E-state index in [4.69, 9.17) is 0 Å². The molecule has 2 fully saturated rings. The van der Waals surface area contributed by atoms with Crippen molar-refractivity contribution in [1.29, 1.82) is 0 Å². The molecular formula is C16H27N3O3. The van der Waals surface area contributed by atoms with Crippen molar-refractivity contribution >= 4 is 18.2 Å². The van der Waals surface area contributed by atoms with Crippen molar-refractivity contribution in [2.75, 3.05) is 39.3 Å². The Balaban J connectivity index is 1.75. The summed E-state index contributed by atoms with van der Waals surface area (Å²) in [5.74, 6) is 0.469. The monoisotopic (exact) mass is 309 g/mol. The smallest absolute Gasteiger partial charge is 0.225 e. The van der Waals surface area contributed by atoms with Crippen molar-refractivity contribution in [3.63, 3.8) is 0 Å². The number of unbranched alkanes of at least 4 members (excludes halogenated alkanes) is 1. The quantitative estimate of drug-likeness (QED) is 0.703. The zero-order valence-corrected chi connectivity index (χ0v) is 13.5. The van der Waals surface area contributed by atoms with Crippen LogP contribution in [0.5, 0.6) is 0 Å². The molecule has 0 N–H and O–H groups in total. The summed E-state index contributed by atoms with van der Waals surface area (Å²) in [5, 5.41) is 0. The number of hydrogen-bond acceptors (Lipinski definition) is 3. The lowest BCUT2D eigenvalue weighted by molar-refractivity contribution is -0.142. The average molecular weight is 309 g/mol. The molecular weight excluding hydrogens is 282 g/mol. The highest BCUT2D eigenvalue weighted by Crippen LogP contribution is 2.21. The lowest BCUT2D eigenvalue weighted by Crippen LogP contribution is -2.51. The maximum absolute atomic E-state index is 12.5. The van der Waals surface area contributed by atoms with Crippen LogP contribution in [-0.2, 0) is 14.4 Å². The van der Waals surface area contributed by atoms with E-state index >= 15 is 0 Å². The molecule has 2 saturated heterocycles. The van der Waals surface area contributed by atoms with Gasteiger partial charge in [0, 0.05) is 51.6 Å². The largest absolute Gasteiger partial charge is 0.343 e. The number of amides is 3. The third-order valence-electron chi connectivity index (χ3n) is 4.72. The number of nitrogens with zero attached hydrogens (tertiary/aromatic N) is 3. The van der Waals surface area contributed by atoms with E-state index in [1.54, 1.807) is 4.90 Å². The summed E-state index contributed by atoms with van der Waals surface area (Å²) in [7, 11) is 0. The maximum atomic E-state index is 12.5. The highest BCUT2D eigenvalue weighted by Gasteiger charge is 2.31. The van der Waals surface area contributed by atoms with Gasteiger partial charge in [-0.1, -0.05) is 13.3 Å². The second-order valence-corrected chi connectivity index (χ2v) is 6.23. The normalized spacial score (nSPS) is 20.1. The molecule has 3 amide bonds. The molecule has 22 heavy (non-hydrogen) atoms. The molecule has 2 rings (SSSR count). The van der Waals surface area contributed by atoms with Crippen molar-refractivity contribution in [3.8, 4) is 0 Å². The molecule has 6 heteroatoms. The fourth-order valence-corrected chi connectivity index (χ4v) is 3.17. The number of rotatable bonds is 5. The van der Waals surface area contributed by atoms with E-state index < -0.39 is 0 Å². The predicted octanol–water partition coefficient (Wildman–Crippen LogP) is 0.716. The number of carbonyl (C=O) groups excluding carboxylic acids is 3. The molecule has 0 unspecified atom stereocenters. The Hall–Kier alpha value is -1.59. The van der Waals surface area contributed by atoms with E-state index in [0.29, 0.717) is 45.7 Å². The van der Waals surface area contributed by atoms with Crippen LogP contribution < -0.4 is 0 Å². The Kier molecular flexibility index (Phi) is 6.21. The third kappa shape index (κ3) is 4.21. The van der Waals surface area contributed by atoms with Gasteiger partial charge in [0.1, 0.15) is 0 Å². The van der Waals surface area contributed by atoms with Crippen LogP contribution in [0.25, 0.3) is 0 Å². The second-order valence-electron chi connectivity index (χ2n) is 6.23. The average Bonchev–Trinajstić information content (AvgIpc) is 2.59. The van der Waals surface area contributed by atoms with Gasteiger partial charge in [0.05, 0.1) is 0 Å². The fraction of sp³-hybridized carbons (Fsp3) is 0.812. The summed E-state index contributed by atoms with van der Waals surface area (Å²) < 4.78 is 0. The SMILES string of the molecule is CCCCC(=O)N1CCC(C(=O)N2CCN(C=O)CC2)CC1. The minimum Gasteiger partial charge on any atom is -0.343 e. The molecule has 2 aliphatic rings. The standard InChI is InChI=1S/C16H27N3O3/c1-2-3-4-15(21)18-7-5-14(6-8-18)16(22)19-11-9-17(13-20)10-12-19/h13-14H,2-12H2,1H3. The summed E-state index contributed by atoms with van der Waals surface area (Å²) in [6.45, 7) is 6.01. The van der Waals surface area contributed by atoms with Crippen LogP contribution in [0.4, 0.5) is 0 Å². The molecule has 0 saturated carbocycles. The van der Waals surface area contributed by atoms with Gasteiger partial charge >= 0.3 is 0 Å². The molecule has 0 radical (unpaired) electrons. The molecule has 2 heterocycles. The van der Waals surface area contributed by atoms with Gasteiger partial charge in [-0.2, -0.15) is 0 Å². The van der Waals surface area contributed by atoms with Gasteiger partial charge in [-0.3, -0.25) is 14.4 Å². The molecule has 0 aliphatic carbocycles. The molecule has 124 valence electrons. The first-order valence-corrected chi connectivity index (χ1v) is 8.41. The first kappa shape index (κ1) is 16.8. The molecule has 6 nitrogen and oxygen atoms in total. The van der Waals surface area contributed by atoms with Crippen molar-refractivity contribution in [3.05, 3.63) is 0 Å². The highest BCUT2D eigenvalue weighted by atomic mass is 16.2. The first-order chi connectivity index (χ1) is 10.7. The number of likely N-dealkylation sites (tertiary alicyclic amines) is 1. The van der Waals surface area contributed by atoms with Gasteiger partial charge in [-0.05, 0) is 19.3 Å². The first-order valence-electron chi connectivity index (χ1n) is 8.41. The second kappa shape index (κ2) is 8.15. The van der Waals surface area contributed by atoms with Crippen LogP contribution in [0.2, 0.25) is 0 Å². The van der Waals surface area contributed by atoms with Gasteiger partial charge in [0.2, 0.25) is 18.2 Å². The van der Waals surface area contributed by atoms with Gasteiger partial charge < -0.3 is 14.7 Å². The van der Waals surface area contributed by atoms with Gasteiger partial charge in [0.25, 0.3) is 0 Å². The summed E-state index contributed by atoms with van der Waals surface area (Å²) in [5.41, 5.74) is 0. The van der Waals surface area contributed by atoms with E-state index in [1.807, 2.05) is 9.80 Å². The molecule has 0 aromatic heterocycles. The summed E-state index contributed by atoms with van der Waals surface area (Å²) in [6.07, 6.45) is 4.99. The van der Waals surface area contributed by atoms with Crippen LogP contribution in [-0.4, -0.2) is 72.2 Å². The number of hydrogen-bond donors (Lipinski definition) is 0. The minimum atomic E-state index is 0.0398. The van der Waals surface area contributed by atoms with Crippen molar-refractivity contribution in [2.24, 2.45) is 5.92 Å². The molecule has 0 bridgehead atoms. The van der Waals surface area contributed by atoms with E-state index in [-0.39, 0.29) is 17.7 Å². The zero-order chi connectivity index (χ0) is 15.9. The molecule has 0 atom stereocenters. The Morgan fingerprint density at radius 1 is 1.00 bits per heavy atom. The number of piperazine rings is 1. The Bertz CT molecular complexity index is 397. The summed E-state index contributed by atoms with van der Waals surface area (Å²) in [4.78, 5) is 40.7. The van der Waals surface area contributed by atoms with Crippen LogP contribution in [0, 0.1) is 5.92 Å². The van der Waals surface area contributed by atoms with Gasteiger partial charge in [0.15, 0.2) is 0 Å².